The summed E-state index contributed by atoms with van der Waals surface area (Å²) in [5, 5.41) is 9.17. The van der Waals surface area contributed by atoms with Gasteiger partial charge < -0.3 is 9.84 Å². The van der Waals surface area contributed by atoms with Crippen molar-refractivity contribution in [1.82, 2.24) is 4.98 Å². The summed E-state index contributed by atoms with van der Waals surface area (Å²) in [6.45, 7) is 0.389. The number of aliphatic carboxylic acids is 1. The van der Waals surface area contributed by atoms with Crippen LogP contribution in [-0.4, -0.2) is 16.1 Å². The molecule has 1 aromatic heterocycles. The maximum absolute atomic E-state index is 10.5. The number of nitrogens with zero attached hydrogens (tertiary/aromatic N) is 1. The van der Waals surface area contributed by atoms with Crippen LogP contribution in [0.1, 0.15) is 10.4 Å². The quantitative estimate of drug-likeness (QED) is 0.858. The lowest BCUT2D eigenvalue weighted by Gasteiger charge is -2.08. The number of carbonyl (C=O) groups is 1. The summed E-state index contributed by atoms with van der Waals surface area (Å²) in [5.41, 5.74) is 2.35. The first-order chi connectivity index (χ1) is 9.15. The number of hydrogen-bond acceptors (Lipinski definition) is 4. The van der Waals surface area contributed by atoms with E-state index in [4.69, 9.17) is 21.4 Å². The van der Waals surface area contributed by atoms with Gasteiger partial charge in [0, 0.05) is 22.9 Å². The topological polar surface area (TPSA) is 59.4 Å². The third-order valence-electron chi connectivity index (χ3n) is 2.23. The van der Waals surface area contributed by atoms with Gasteiger partial charge in [-0.15, -0.1) is 11.3 Å². The van der Waals surface area contributed by atoms with Crippen LogP contribution in [0.3, 0.4) is 0 Å². The minimum atomic E-state index is -1.02. The molecule has 4 nitrogen and oxygen atoms in total. The monoisotopic (exact) mass is 295 g/mol. The fourth-order valence-electron chi connectivity index (χ4n) is 1.40. The molecule has 0 aliphatic rings. The molecule has 2 aromatic rings. The number of rotatable bonds is 5. The van der Waals surface area contributed by atoms with E-state index < -0.39 is 5.97 Å². The van der Waals surface area contributed by atoms with Gasteiger partial charge in [-0.3, -0.25) is 4.98 Å². The SMILES string of the molecule is O=C(O)/C=C/c1cc(Cl)ccc1OCc1cncs1. The minimum Gasteiger partial charge on any atom is -0.487 e. The molecule has 0 fully saturated rings. The molecule has 0 atom stereocenters. The number of thiazole rings is 1. The minimum absolute atomic E-state index is 0.389. The van der Waals surface area contributed by atoms with Crippen LogP contribution < -0.4 is 4.74 Å². The van der Waals surface area contributed by atoms with E-state index >= 15 is 0 Å². The third kappa shape index (κ3) is 4.08. The summed E-state index contributed by atoms with van der Waals surface area (Å²) in [7, 11) is 0. The van der Waals surface area contributed by atoms with Gasteiger partial charge in [0.15, 0.2) is 0 Å². The molecule has 6 heteroatoms. The first-order valence-corrected chi connectivity index (χ1v) is 6.61. The van der Waals surface area contributed by atoms with E-state index in [9.17, 15) is 4.79 Å². The molecule has 19 heavy (non-hydrogen) atoms. The van der Waals surface area contributed by atoms with Gasteiger partial charge in [-0.05, 0) is 24.3 Å². The van der Waals surface area contributed by atoms with E-state index in [-0.39, 0.29) is 0 Å². The van der Waals surface area contributed by atoms with E-state index in [1.54, 1.807) is 29.9 Å². The predicted octanol–water partition coefficient (Wildman–Crippen LogP) is 3.47. The summed E-state index contributed by atoms with van der Waals surface area (Å²) in [6, 6.07) is 5.07. The molecule has 2 rings (SSSR count). The lowest BCUT2D eigenvalue weighted by atomic mass is 10.2. The van der Waals surface area contributed by atoms with Gasteiger partial charge in [0.2, 0.25) is 0 Å². The van der Waals surface area contributed by atoms with Crippen LogP contribution >= 0.6 is 22.9 Å². The van der Waals surface area contributed by atoms with Gasteiger partial charge in [-0.1, -0.05) is 11.6 Å². The van der Waals surface area contributed by atoms with E-state index in [1.165, 1.54) is 17.4 Å². The van der Waals surface area contributed by atoms with Crippen LogP contribution in [0.4, 0.5) is 0 Å². The Kier molecular flexibility index (Phi) is 4.54. The first-order valence-electron chi connectivity index (χ1n) is 5.36. The van der Waals surface area contributed by atoms with Crippen molar-refractivity contribution < 1.29 is 14.6 Å². The van der Waals surface area contributed by atoms with E-state index in [0.717, 1.165) is 11.0 Å². The number of benzene rings is 1. The largest absolute Gasteiger partial charge is 0.487 e. The second-order valence-corrected chi connectivity index (χ2v) is 5.02. The first kappa shape index (κ1) is 13.6. The summed E-state index contributed by atoms with van der Waals surface area (Å²) in [4.78, 5) is 15.5. The van der Waals surface area contributed by atoms with Gasteiger partial charge in [0.05, 0.1) is 10.4 Å². The Morgan fingerprint density at radius 1 is 1.53 bits per heavy atom. The Hall–Kier alpha value is -1.85. The van der Waals surface area contributed by atoms with Crippen LogP contribution in [0.2, 0.25) is 5.02 Å². The van der Waals surface area contributed by atoms with Crippen molar-refractivity contribution in [2.75, 3.05) is 0 Å². The number of carboxylic acids is 1. The van der Waals surface area contributed by atoms with Crippen LogP contribution in [0.5, 0.6) is 5.75 Å². The zero-order valence-corrected chi connectivity index (χ0v) is 11.3. The Morgan fingerprint density at radius 2 is 2.37 bits per heavy atom. The van der Waals surface area contributed by atoms with Crippen molar-refractivity contribution in [3.05, 3.63) is 51.4 Å². The summed E-state index contributed by atoms with van der Waals surface area (Å²) >= 11 is 7.38. The van der Waals surface area contributed by atoms with Crippen molar-refractivity contribution in [3.63, 3.8) is 0 Å². The lowest BCUT2D eigenvalue weighted by molar-refractivity contribution is -0.131. The van der Waals surface area contributed by atoms with Crippen molar-refractivity contribution in [2.45, 2.75) is 6.61 Å². The molecule has 1 N–H and O–H groups in total. The van der Waals surface area contributed by atoms with E-state index in [1.807, 2.05) is 0 Å². The average Bonchev–Trinajstić information content (AvgIpc) is 2.88. The van der Waals surface area contributed by atoms with E-state index in [0.29, 0.717) is 22.9 Å². The van der Waals surface area contributed by atoms with Crippen LogP contribution in [0, 0.1) is 0 Å². The predicted molar refractivity (Wildman–Crippen MR) is 74.6 cm³/mol. The molecular formula is C13H10ClNO3S. The van der Waals surface area contributed by atoms with Crippen molar-refractivity contribution in [1.29, 1.82) is 0 Å². The fourth-order valence-corrected chi connectivity index (χ4v) is 2.09. The van der Waals surface area contributed by atoms with Crippen molar-refractivity contribution >= 4 is 35.0 Å². The molecule has 1 heterocycles. The second-order valence-electron chi connectivity index (χ2n) is 3.61. The number of aromatic nitrogens is 1. The Bertz CT molecular complexity index is 596. The van der Waals surface area contributed by atoms with Crippen molar-refractivity contribution in [3.8, 4) is 5.75 Å². The third-order valence-corrected chi connectivity index (χ3v) is 3.22. The molecule has 98 valence electrons. The van der Waals surface area contributed by atoms with Gasteiger partial charge in [0.1, 0.15) is 12.4 Å². The summed E-state index contributed by atoms with van der Waals surface area (Å²) in [6.07, 6.45) is 4.23. The highest BCUT2D eigenvalue weighted by atomic mass is 35.5. The molecule has 0 bridgehead atoms. The van der Waals surface area contributed by atoms with Crippen LogP contribution in [0.25, 0.3) is 6.08 Å². The fraction of sp³-hybridized carbons (Fsp3) is 0.0769. The van der Waals surface area contributed by atoms with Gasteiger partial charge in [-0.2, -0.15) is 0 Å². The Labute approximate surface area is 118 Å². The molecule has 0 amide bonds. The molecule has 0 radical (unpaired) electrons. The van der Waals surface area contributed by atoms with E-state index in [2.05, 4.69) is 4.98 Å². The average molecular weight is 296 g/mol. The Balaban J connectivity index is 2.16. The zero-order chi connectivity index (χ0) is 13.7. The standard InChI is InChI=1S/C13H10ClNO3S/c14-10-2-3-12(9(5-10)1-4-13(16)17)18-7-11-6-15-8-19-11/h1-6,8H,7H2,(H,16,17)/b4-1+. The van der Waals surface area contributed by atoms with Crippen molar-refractivity contribution in [2.24, 2.45) is 0 Å². The number of hydrogen-bond donors (Lipinski definition) is 1. The lowest BCUT2D eigenvalue weighted by Crippen LogP contribution is -1.95. The highest BCUT2D eigenvalue weighted by Crippen LogP contribution is 2.25. The molecule has 0 unspecified atom stereocenters. The molecule has 0 aliphatic heterocycles. The molecule has 0 spiro atoms. The van der Waals surface area contributed by atoms with Gasteiger partial charge in [-0.25, -0.2) is 4.79 Å². The van der Waals surface area contributed by atoms with Crippen LogP contribution in [-0.2, 0) is 11.4 Å². The number of halogens is 1. The highest BCUT2D eigenvalue weighted by Gasteiger charge is 2.04. The summed E-state index contributed by atoms with van der Waals surface area (Å²) < 4.78 is 5.64. The Morgan fingerprint density at radius 3 is 3.05 bits per heavy atom. The molecule has 0 saturated carbocycles. The number of ether oxygens (including phenoxy) is 1. The molecule has 1 aromatic carbocycles. The maximum Gasteiger partial charge on any atom is 0.328 e. The zero-order valence-electron chi connectivity index (χ0n) is 9.75. The maximum atomic E-state index is 10.5. The molecule has 0 aliphatic carbocycles. The van der Waals surface area contributed by atoms with Crippen LogP contribution in [0.15, 0.2) is 36.0 Å². The molecular weight excluding hydrogens is 286 g/mol. The van der Waals surface area contributed by atoms with Gasteiger partial charge >= 0.3 is 5.97 Å². The van der Waals surface area contributed by atoms with Gasteiger partial charge in [0.25, 0.3) is 0 Å². The molecule has 0 saturated heterocycles. The second kappa shape index (κ2) is 6.36. The highest BCUT2D eigenvalue weighted by molar-refractivity contribution is 7.09. The normalized spacial score (nSPS) is 10.8. The smallest absolute Gasteiger partial charge is 0.328 e. The number of carboxylic acid groups (broad SMARTS) is 1. The summed E-state index contributed by atoms with van der Waals surface area (Å²) in [5.74, 6) is -0.441.